The summed E-state index contributed by atoms with van der Waals surface area (Å²) in [4.78, 5) is 11.8. The largest absolute Gasteiger partial charge is 0.494 e. The van der Waals surface area contributed by atoms with Crippen molar-refractivity contribution in [2.24, 2.45) is 5.41 Å². The Balaban J connectivity index is 1.86. The highest BCUT2D eigenvalue weighted by Gasteiger charge is 2.49. The first-order valence-corrected chi connectivity index (χ1v) is 10.9. The van der Waals surface area contributed by atoms with Gasteiger partial charge in [0.2, 0.25) is 0 Å². The minimum absolute atomic E-state index is 0.00370. The maximum Gasteiger partial charge on any atom is 0.309 e. The molecule has 2 N–H and O–H groups in total. The molecule has 0 bridgehead atoms. The number of carboxylic acid groups (broad SMARTS) is 1. The molecule has 6 nitrogen and oxygen atoms in total. The Hall–Kier alpha value is -3.42. The van der Waals surface area contributed by atoms with E-state index in [4.69, 9.17) is 4.74 Å². The lowest BCUT2D eigenvalue weighted by atomic mass is 9.60. The molecule has 0 unspecified atom stereocenters. The van der Waals surface area contributed by atoms with Crippen LogP contribution in [0.25, 0.3) is 27.5 Å². The van der Waals surface area contributed by atoms with Gasteiger partial charge in [0.1, 0.15) is 5.52 Å². The van der Waals surface area contributed by atoms with Crippen LogP contribution in [0.2, 0.25) is 0 Å². The lowest BCUT2D eigenvalue weighted by Crippen LogP contribution is -2.40. The van der Waals surface area contributed by atoms with Crippen molar-refractivity contribution < 1.29 is 23.4 Å². The fourth-order valence-electron chi connectivity index (χ4n) is 5.30. The van der Waals surface area contributed by atoms with E-state index in [1.54, 1.807) is 25.3 Å². The number of nitrogens with zero attached hydrogens (tertiary/aromatic N) is 2. The maximum absolute atomic E-state index is 15.9. The number of rotatable bonds is 5. The zero-order chi connectivity index (χ0) is 23.7. The Morgan fingerprint density at radius 2 is 2.03 bits per heavy atom. The summed E-state index contributed by atoms with van der Waals surface area (Å²) in [7, 11) is 1.40. The standard InChI is InChI=1S/C25H25F2N3O3/c1-12(2)23-19(14-9-25(3,10-14)24(31)32)20-17(7-13-11-28-29-22(13)21(20)27)30(23)15-5-6-16(26)18(8-15)33-4/h5-8,11-12,14H,9-10H2,1-4H3,(H,28,29)(H,31,32). The van der Waals surface area contributed by atoms with Gasteiger partial charge in [-0.1, -0.05) is 13.8 Å². The van der Waals surface area contributed by atoms with Crippen molar-refractivity contribution in [2.45, 2.75) is 45.4 Å². The summed E-state index contributed by atoms with van der Waals surface area (Å²) in [6, 6.07) is 6.45. The zero-order valence-electron chi connectivity index (χ0n) is 18.9. The van der Waals surface area contributed by atoms with E-state index in [0.29, 0.717) is 40.3 Å². The number of ether oxygens (including phenoxy) is 1. The van der Waals surface area contributed by atoms with Gasteiger partial charge in [0.25, 0.3) is 0 Å². The van der Waals surface area contributed by atoms with Gasteiger partial charge in [-0.15, -0.1) is 0 Å². The number of halogens is 2. The second kappa shape index (κ2) is 7.30. The van der Waals surface area contributed by atoms with Crippen LogP contribution in [0.1, 0.15) is 56.7 Å². The minimum atomic E-state index is -0.840. The first-order chi connectivity index (χ1) is 15.7. The second-order valence-corrected chi connectivity index (χ2v) is 9.50. The maximum atomic E-state index is 15.9. The molecule has 1 aliphatic carbocycles. The molecule has 33 heavy (non-hydrogen) atoms. The van der Waals surface area contributed by atoms with Crippen LogP contribution in [0.4, 0.5) is 8.78 Å². The highest BCUT2D eigenvalue weighted by atomic mass is 19.1. The fourth-order valence-corrected chi connectivity index (χ4v) is 5.30. The van der Waals surface area contributed by atoms with E-state index in [0.717, 1.165) is 11.3 Å². The summed E-state index contributed by atoms with van der Waals surface area (Å²) in [6.07, 6.45) is 2.42. The Kier molecular flexibility index (Phi) is 4.74. The van der Waals surface area contributed by atoms with Crippen molar-refractivity contribution in [3.8, 4) is 11.4 Å². The van der Waals surface area contributed by atoms with Crippen LogP contribution in [0.5, 0.6) is 5.75 Å². The number of methoxy groups -OCH3 is 1. The van der Waals surface area contributed by atoms with Crippen LogP contribution >= 0.6 is 0 Å². The fraction of sp³-hybridized carbons (Fsp3) is 0.360. The molecule has 8 heteroatoms. The van der Waals surface area contributed by atoms with Gasteiger partial charge in [-0.05, 0) is 55.4 Å². The Bertz CT molecular complexity index is 1410. The third-order valence-corrected chi connectivity index (χ3v) is 6.94. The predicted octanol–water partition coefficient (Wildman–Crippen LogP) is 5.89. The Morgan fingerprint density at radius 1 is 1.30 bits per heavy atom. The van der Waals surface area contributed by atoms with Crippen molar-refractivity contribution in [3.63, 3.8) is 0 Å². The van der Waals surface area contributed by atoms with E-state index in [1.807, 2.05) is 24.5 Å². The number of benzene rings is 2. The van der Waals surface area contributed by atoms with E-state index in [9.17, 15) is 14.3 Å². The van der Waals surface area contributed by atoms with Gasteiger partial charge in [0, 0.05) is 28.2 Å². The average molecular weight is 453 g/mol. The van der Waals surface area contributed by atoms with Crippen LogP contribution < -0.4 is 4.74 Å². The number of aromatic nitrogens is 3. The molecule has 0 radical (unpaired) electrons. The molecule has 0 saturated heterocycles. The van der Waals surface area contributed by atoms with E-state index >= 15 is 4.39 Å². The number of carboxylic acids is 1. The molecule has 2 aromatic heterocycles. The highest BCUT2D eigenvalue weighted by molar-refractivity contribution is 6.00. The Morgan fingerprint density at radius 3 is 2.67 bits per heavy atom. The topological polar surface area (TPSA) is 80.1 Å². The van der Waals surface area contributed by atoms with Crippen LogP contribution in [-0.2, 0) is 4.79 Å². The van der Waals surface area contributed by atoms with Crippen LogP contribution in [-0.4, -0.2) is 33.0 Å². The van der Waals surface area contributed by atoms with Gasteiger partial charge in [-0.25, -0.2) is 8.78 Å². The van der Waals surface area contributed by atoms with Crippen molar-refractivity contribution in [2.75, 3.05) is 7.11 Å². The summed E-state index contributed by atoms with van der Waals surface area (Å²) in [5, 5.41) is 17.5. The molecule has 0 amide bonds. The van der Waals surface area contributed by atoms with Gasteiger partial charge in [-0.3, -0.25) is 9.89 Å². The molecule has 4 aromatic rings. The SMILES string of the molecule is COc1cc(-n2c(C(C)C)c(C3CC(C)(C(=O)O)C3)c3c(F)c4[nH]ncc4cc32)ccc1F. The molecule has 5 rings (SSSR count). The molecule has 1 fully saturated rings. The van der Waals surface area contributed by atoms with Gasteiger partial charge >= 0.3 is 5.97 Å². The van der Waals surface area contributed by atoms with Crippen LogP contribution in [0.15, 0.2) is 30.5 Å². The van der Waals surface area contributed by atoms with E-state index in [1.165, 1.54) is 13.2 Å². The molecule has 2 heterocycles. The molecule has 0 atom stereocenters. The predicted molar refractivity (Wildman–Crippen MR) is 121 cm³/mol. The van der Waals surface area contributed by atoms with E-state index < -0.39 is 23.0 Å². The number of carbonyl (C=O) groups is 1. The van der Waals surface area contributed by atoms with E-state index in [2.05, 4.69) is 10.2 Å². The first kappa shape index (κ1) is 21.4. The molecule has 0 aliphatic heterocycles. The molecule has 1 saturated carbocycles. The van der Waals surface area contributed by atoms with Crippen molar-refractivity contribution in [3.05, 3.63) is 53.4 Å². The molecule has 0 spiro atoms. The molecule has 1 aliphatic rings. The minimum Gasteiger partial charge on any atom is -0.494 e. The molecular formula is C25H25F2N3O3. The number of fused-ring (bicyclic) bond motifs is 2. The second-order valence-electron chi connectivity index (χ2n) is 9.50. The lowest BCUT2D eigenvalue weighted by Gasteiger charge is -2.42. The van der Waals surface area contributed by atoms with E-state index in [-0.39, 0.29) is 17.6 Å². The van der Waals surface area contributed by atoms with Crippen LogP contribution in [0.3, 0.4) is 0 Å². The normalized spacial score (nSPS) is 20.5. The number of nitrogens with one attached hydrogen (secondary N) is 1. The number of hydrogen-bond acceptors (Lipinski definition) is 3. The quantitative estimate of drug-likeness (QED) is 0.395. The first-order valence-electron chi connectivity index (χ1n) is 10.9. The smallest absolute Gasteiger partial charge is 0.309 e. The van der Waals surface area contributed by atoms with Crippen molar-refractivity contribution in [1.82, 2.24) is 14.8 Å². The van der Waals surface area contributed by atoms with Crippen molar-refractivity contribution in [1.29, 1.82) is 0 Å². The Labute approximate surface area is 189 Å². The molecular weight excluding hydrogens is 428 g/mol. The summed E-state index contributed by atoms with van der Waals surface area (Å²) < 4.78 is 37.3. The third kappa shape index (κ3) is 3.03. The molecule has 172 valence electrons. The van der Waals surface area contributed by atoms with Gasteiger partial charge < -0.3 is 14.4 Å². The number of aromatic amines is 1. The summed E-state index contributed by atoms with van der Waals surface area (Å²) in [5.41, 5.74) is 2.47. The summed E-state index contributed by atoms with van der Waals surface area (Å²) in [5.74, 6) is -1.75. The molecule has 2 aromatic carbocycles. The monoisotopic (exact) mass is 453 g/mol. The van der Waals surface area contributed by atoms with Gasteiger partial charge in [0.15, 0.2) is 17.4 Å². The third-order valence-electron chi connectivity index (χ3n) is 6.94. The number of hydrogen-bond donors (Lipinski definition) is 2. The van der Waals surface area contributed by atoms with Crippen molar-refractivity contribution >= 4 is 27.8 Å². The number of aliphatic carboxylic acids is 1. The highest BCUT2D eigenvalue weighted by Crippen LogP contribution is 2.55. The summed E-state index contributed by atoms with van der Waals surface area (Å²) >= 11 is 0. The zero-order valence-corrected chi connectivity index (χ0v) is 18.9. The average Bonchev–Trinajstić information content (AvgIpc) is 3.35. The number of H-pyrrole nitrogens is 1. The van der Waals surface area contributed by atoms with Crippen LogP contribution in [0, 0.1) is 17.0 Å². The lowest BCUT2D eigenvalue weighted by molar-refractivity contribution is -0.154. The van der Waals surface area contributed by atoms with Gasteiger partial charge in [0.05, 0.1) is 24.2 Å². The van der Waals surface area contributed by atoms with Gasteiger partial charge in [-0.2, -0.15) is 5.10 Å². The summed E-state index contributed by atoms with van der Waals surface area (Å²) in [6.45, 7) is 5.78.